The molecule has 1 atom stereocenters. The molecular formula is C19H21N5O3. The second-order valence-corrected chi connectivity index (χ2v) is 6.87. The molecule has 1 fully saturated rings. The minimum absolute atomic E-state index is 0.103. The maximum Gasteiger partial charge on any atom is 0.275 e. The first kappa shape index (κ1) is 17.4. The van der Waals surface area contributed by atoms with Crippen molar-refractivity contribution in [2.45, 2.75) is 45.7 Å². The van der Waals surface area contributed by atoms with Gasteiger partial charge in [-0.2, -0.15) is 10.1 Å². The van der Waals surface area contributed by atoms with E-state index in [1.807, 2.05) is 25.1 Å². The van der Waals surface area contributed by atoms with Crippen molar-refractivity contribution < 1.29 is 9.32 Å². The number of carbonyl (C=O) groups is 1. The standard InChI is InChI=1S/C19H21N5O3/c1-12-14-7-3-4-8-15(14)19(26)24(21-12)11-17(25)23-10-6-5-9-16(23)18-20-13(2)22-27-18/h3-4,7-8,16H,5-6,9-11H2,1-2H3/t16-/m0/s1. The van der Waals surface area contributed by atoms with Gasteiger partial charge in [0.1, 0.15) is 12.6 Å². The van der Waals surface area contributed by atoms with Crippen molar-refractivity contribution in [1.82, 2.24) is 24.8 Å². The van der Waals surface area contributed by atoms with Crippen LogP contribution in [0.3, 0.4) is 0 Å². The molecule has 140 valence electrons. The van der Waals surface area contributed by atoms with Crippen LogP contribution in [0.4, 0.5) is 0 Å². The number of fused-ring (bicyclic) bond motifs is 1. The maximum absolute atomic E-state index is 13.0. The fraction of sp³-hybridized carbons (Fsp3) is 0.421. The highest BCUT2D eigenvalue weighted by atomic mass is 16.5. The molecule has 3 heterocycles. The van der Waals surface area contributed by atoms with Crippen molar-refractivity contribution in [3.8, 4) is 0 Å². The summed E-state index contributed by atoms with van der Waals surface area (Å²) in [5.74, 6) is 0.835. The minimum atomic E-state index is -0.258. The number of piperidine rings is 1. The molecule has 0 bridgehead atoms. The molecule has 1 saturated heterocycles. The van der Waals surface area contributed by atoms with Gasteiger partial charge in [0.05, 0.1) is 11.1 Å². The van der Waals surface area contributed by atoms with E-state index in [0.29, 0.717) is 23.6 Å². The summed E-state index contributed by atoms with van der Waals surface area (Å²) < 4.78 is 6.55. The molecule has 3 aromatic rings. The quantitative estimate of drug-likeness (QED) is 0.704. The van der Waals surface area contributed by atoms with Gasteiger partial charge in [0.15, 0.2) is 5.82 Å². The normalized spacial score (nSPS) is 17.4. The number of rotatable bonds is 3. The van der Waals surface area contributed by atoms with Crippen LogP contribution in [0.2, 0.25) is 0 Å². The Bertz CT molecular complexity index is 1050. The van der Waals surface area contributed by atoms with Crippen LogP contribution in [-0.4, -0.2) is 37.3 Å². The van der Waals surface area contributed by atoms with Crippen LogP contribution < -0.4 is 5.56 Å². The van der Waals surface area contributed by atoms with Crippen LogP contribution in [0, 0.1) is 13.8 Å². The molecule has 0 aliphatic carbocycles. The monoisotopic (exact) mass is 367 g/mol. The minimum Gasteiger partial charge on any atom is -0.337 e. The second-order valence-electron chi connectivity index (χ2n) is 6.87. The zero-order valence-corrected chi connectivity index (χ0v) is 15.4. The molecule has 1 aliphatic rings. The lowest BCUT2D eigenvalue weighted by Crippen LogP contribution is -2.42. The summed E-state index contributed by atoms with van der Waals surface area (Å²) >= 11 is 0. The summed E-state index contributed by atoms with van der Waals surface area (Å²) in [7, 11) is 0. The van der Waals surface area contributed by atoms with E-state index in [9.17, 15) is 9.59 Å². The zero-order chi connectivity index (χ0) is 19.0. The van der Waals surface area contributed by atoms with Crippen LogP contribution in [0.15, 0.2) is 33.6 Å². The van der Waals surface area contributed by atoms with E-state index in [1.54, 1.807) is 17.9 Å². The molecule has 8 nitrogen and oxygen atoms in total. The molecule has 2 aromatic heterocycles. The Morgan fingerprint density at radius 1 is 1.22 bits per heavy atom. The molecule has 27 heavy (non-hydrogen) atoms. The Balaban J connectivity index is 1.64. The lowest BCUT2D eigenvalue weighted by molar-refractivity contribution is -0.136. The fourth-order valence-corrected chi connectivity index (χ4v) is 3.67. The van der Waals surface area contributed by atoms with Crippen LogP contribution in [0.25, 0.3) is 10.8 Å². The molecule has 1 aliphatic heterocycles. The van der Waals surface area contributed by atoms with Gasteiger partial charge in [-0.25, -0.2) is 4.68 Å². The Morgan fingerprint density at radius 3 is 2.74 bits per heavy atom. The zero-order valence-electron chi connectivity index (χ0n) is 15.4. The van der Waals surface area contributed by atoms with Crippen LogP contribution in [0.1, 0.15) is 42.7 Å². The van der Waals surface area contributed by atoms with Gasteiger partial charge in [-0.05, 0) is 39.2 Å². The van der Waals surface area contributed by atoms with Gasteiger partial charge in [0.25, 0.3) is 5.56 Å². The van der Waals surface area contributed by atoms with Crippen molar-refractivity contribution in [1.29, 1.82) is 0 Å². The van der Waals surface area contributed by atoms with E-state index in [-0.39, 0.29) is 24.1 Å². The van der Waals surface area contributed by atoms with E-state index in [2.05, 4.69) is 15.2 Å². The van der Waals surface area contributed by atoms with Gasteiger partial charge in [-0.15, -0.1) is 0 Å². The number of aromatic nitrogens is 4. The first-order valence-corrected chi connectivity index (χ1v) is 9.11. The molecule has 0 unspecified atom stereocenters. The Kier molecular flexibility index (Phi) is 4.47. The average Bonchev–Trinajstić information content (AvgIpc) is 3.12. The largest absolute Gasteiger partial charge is 0.337 e. The summed E-state index contributed by atoms with van der Waals surface area (Å²) in [6.45, 7) is 4.09. The van der Waals surface area contributed by atoms with Gasteiger partial charge >= 0.3 is 0 Å². The van der Waals surface area contributed by atoms with Crippen molar-refractivity contribution in [2.75, 3.05) is 6.54 Å². The lowest BCUT2D eigenvalue weighted by atomic mass is 10.0. The topological polar surface area (TPSA) is 94.1 Å². The molecule has 0 saturated carbocycles. The maximum atomic E-state index is 13.0. The van der Waals surface area contributed by atoms with Gasteiger partial charge in [0.2, 0.25) is 11.8 Å². The summed E-state index contributed by atoms with van der Waals surface area (Å²) in [4.78, 5) is 31.8. The average molecular weight is 367 g/mol. The number of hydrogen-bond donors (Lipinski definition) is 0. The third kappa shape index (κ3) is 3.22. The summed E-state index contributed by atoms with van der Waals surface area (Å²) in [6, 6.07) is 7.07. The number of carbonyl (C=O) groups excluding carboxylic acids is 1. The third-order valence-electron chi connectivity index (χ3n) is 4.99. The van der Waals surface area contributed by atoms with Gasteiger partial charge in [-0.1, -0.05) is 23.4 Å². The molecular weight excluding hydrogens is 346 g/mol. The number of hydrogen-bond acceptors (Lipinski definition) is 6. The summed E-state index contributed by atoms with van der Waals surface area (Å²) in [5.41, 5.74) is 0.465. The van der Waals surface area contributed by atoms with Gasteiger partial charge in [-0.3, -0.25) is 9.59 Å². The van der Waals surface area contributed by atoms with Crippen LogP contribution in [-0.2, 0) is 11.3 Å². The summed E-state index contributed by atoms with van der Waals surface area (Å²) in [5, 5.41) is 9.56. The first-order valence-electron chi connectivity index (χ1n) is 9.11. The Hall–Kier alpha value is -3.03. The molecule has 0 radical (unpaired) electrons. The van der Waals surface area contributed by atoms with Crippen molar-refractivity contribution >= 4 is 16.7 Å². The van der Waals surface area contributed by atoms with E-state index < -0.39 is 0 Å². The van der Waals surface area contributed by atoms with Crippen molar-refractivity contribution in [3.05, 3.63) is 52.0 Å². The molecule has 0 N–H and O–H groups in total. The molecule has 0 spiro atoms. The van der Waals surface area contributed by atoms with Gasteiger partial charge in [0, 0.05) is 11.9 Å². The number of aryl methyl sites for hydroxylation is 2. The third-order valence-corrected chi connectivity index (χ3v) is 4.99. The smallest absolute Gasteiger partial charge is 0.275 e. The second kappa shape index (κ2) is 6.94. The van der Waals surface area contributed by atoms with E-state index in [1.165, 1.54) is 4.68 Å². The van der Waals surface area contributed by atoms with E-state index >= 15 is 0 Å². The first-order chi connectivity index (χ1) is 13.0. The fourth-order valence-electron chi connectivity index (χ4n) is 3.67. The lowest BCUT2D eigenvalue weighted by Gasteiger charge is -2.33. The summed E-state index contributed by atoms with van der Waals surface area (Å²) in [6.07, 6.45) is 2.67. The predicted octanol–water partition coefficient (Wildman–Crippen LogP) is 2.15. The number of likely N-dealkylation sites (tertiary alicyclic amines) is 1. The highest BCUT2D eigenvalue weighted by Gasteiger charge is 2.32. The van der Waals surface area contributed by atoms with Crippen molar-refractivity contribution in [2.24, 2.45) is 0 Å². The van der Waals surface area contributed by atoms with Crippen molar-refractivity contribution in [3.63, 3.8) is 0 Å². The molecule has 4 rings (SSSR count). The van der Waals surface area contributed by atoms with Gasteiger partial charge < -0.3 is 9.42 Å². The Labute approximate surface area is 155 Å². The Morgan fingerprint density at radius 2 is 2.00 bits per heavy atom. The number of benzene rings is 1. The molecule has 8 heteroatoms. The molecule has 1 aromatic carbocycles. The van der Waals surface area contributed by atoms with Crippen LogP contribution in [0.5, 0.6) is 0 Å². The van der Waals surface area contributed by atoms with E-state index in [4.69, 9.17) is 4.52 Å². The highest BCUT2D eigenvalue weighted by molar-refractivity contribution is 5.83. The highest BCUT2D eigenvalue weighted by Crippen LogP contribution is 2.30. The number of nitrogens with zero attached hydrogens (tertiary/aromatic N) is 5. The SMILES string of the molecule is Cc1noc([C@@H]2CCCCN2C(=O)Cn2nc(C)c3ccccc3c2=O)n1. The molecule has 1 amide bonds. The predicted molar refractivity (Wildman–Crippen MR) is 98.1 cm³/mol. The number of amides is 1. The van der Waals surface area contributed by atoms with Crippen LogP contribution >= 0.6 is 0 Å². The van der Waals surface area contributed by atoms with E-state index in [0.717, 1.165) is 30.3 Å².